The second-order valence-corrected chi connectivity index (χ2v) is 7.95. The lowest BCUT2D eigenvalue weighted by Gasteiger charge is -2.19. The van der Waals surface area contributed by atoms with Crippen LogP contribution in [0.25, 0.3) is 0 Å². The SMILES string of the molecule is C=C(C)/C=C\C(=C)C(=C)/C=C(/F)C(=C)C(=C)/C=C\C(=C)C(=C)/C=C(/F)C(=C)C(F)(F)OC(=C)/C=C\C(=C)F. The Hall–Kier alpha value is -4.45. The molecule has 0 rings (SSSR count). The first-order chi connectivity index (χ1) is 17.4. The van der Waals surface area contributed by atoms with E-state index in [-0.39, 0.29) is 22.3 Å². The Morgan fingerprint density at radius 3 is 1.50 bits per heavy atom. The van der Waals surface area contributed by atoms with E-state index in [4.69, 9.17) is 0 Å². The first-order valence-corrected chi connectivity index (χ1v) is 10.8. The molecule has 0 N–H and O–H groups in total. The minimum Gasteiger partial charge on any atom is -0.429 e. The summed E-state index contributed by atoms with van der Waals surface area (Å²) < 4.78 is 74.2. The van der Waals surface area contributed by atoms with Gasteiger partial charge < -0.3 is 4.74 Å². The first kappa shape index (κ1) is 33.5. The molecule has 0 atom stereocenters. The van der Waals surface area contributed by atoms with Gasteiger partial charge in [-0.15, -0.1) is 0 Å². The summed E-state index contributed by atoms with van der Waals surface area (Å²) in [4.78, 5) is 0. The standard InChI is InChI=1S/C32H31F5O/c1-20(2)12-13-21(3)24(6)18-30(34)28(10)23(5)15-14-22(4)25(7)19-31(35)29(11)32(36,37)38-27(9)17-16-26(8)33/h12-19H,1,3-11H2,2H3/b13-12-,15-14-,17-16-,30-18+,31-19+. The van der Waals surface area contributed by atoms with Crippen molar-refractivity contribution in [3.8, 4) is 0 Å². The minimum atomic E-state index is -4.19. The molecule has 0 heterocycles. The molecule has 0 fully saturated rings. The predicted octanol–water partition coefficient (Wildman–Crippen LogP) is 10.4. The van der Waals surface area contributed by atoms with Gasteiger partial charge in [-0.1, -0.05) is 95.7 Å². The molecule has 0 spiro atoms. The molecule has 0 unspecified atom stereocenters. The van der Waals surface area contributed by atoms with Crippen molar-refractivity contribution in [2.75, 3.05) is 0 Å². The zero-order valence-corrected chi connectivity index (χ0v) is 21.5. The third kappa shape index (κ3) is 12.0. The number of hydrogen-bond donors (Lipinski definition) is 0. The van der Waals surface area contributed by atoms with E-state index in [0.29, 0.717) is 17.2 Å². The van der Waals surface area contributed by atoms with E-state index in [1.165, 1.54) is 12.2 Å². The zero-order chi connectivity index (χ0) is 29.8. The fourth-order valence-corrected chi connectivity index (χ4v) is 2.16. The van der Waals surface area contributed by atoms with Crippen LogP contribution in [-0.2, 0) is 4.74 Å². The average Bonchev–Trinajstić information content (AvgIpc) is 2.82. The van der Waals surface area contributed by atoms with E-state index in [9.17, 15) is 22.0 Å². The van der Waals surface area contributed by atoms with Gasteiger partial charge in [-0.05, 0) is 59.1 Å². The largest absolute Gasteiger partial charge is 0.429 e. The second-order valence-electron chi connectivity index (χ2n) is 7.95. The van der Waals surface area contributed by atoms with Crippen molar-refractivity contribution in [2.45, 2.75) is 13.0 Å². The third-order valence-electron chi connectivity index (χ3n) is 4.51. The van der Waals surface area contributed by atoms with Gasteiger partial charge in [0, 0.05) is 5.57 Å². The normalized spacial score (nSPS) is 12.5. The molecule has 0 aliphatic carbocycles. The van der Waals surface area contributed by atoms with E-state index in [1.54, 1.807) is 19.1 Å². The van der Waals surface area contributed by atoms with Crippen molar-refractivity contribution in [3.05, 3.63) is 182 Å². The van der Waals surface area contributed by atoms with Crippen LogP contribution >= 0.6 is 0 Å². The van der Waals surface area contributed by atoms with Gasteiger partial charge in [0.2, 0.25) is 0 Å². The molecular formula is C32H31F5O. The lowest BCUT2D eigenvalue weighted by atomic mass is 10.0. The topological polar surface area (TPSA) is 9.23 Å². The highest BCUT2D eigenvalue weighted by Crippen LogP contribution is 2.33. The number of halogens is 5. The van der Waals surface area contributed by atoms with Gasteiger partial charge in [-0.3, -0.25) is 0 Å². The molecule has 0 aliphatic rings. The van der Waals surface area contributed by atoms with Crippen LogP contribution in [0.4, 0.5) is 22.0 Å². The lowest BCUT2D eigenvalue weighted by Crippen LogP contribution is -2.23. The number of ether oxygens (including phenoxy) is 1. The maximum Gasteiger partial charge on any atom is 0.428 e. The van der Waals surface area contributed by atoms with Crippen LogP contribution in [0.15, 0.2) is 182 Å². The monoisotopic (exact) mass is 526 g/mol. The van der Waals surface area contributed by atoms with Gasteiger partial charge in [0.05, 0.1) is 5.57 Å². The highest BCUT2D eigenvalue weighted by Gasteiger charge is 2.38. The highest BCUT2D eigenvalue weighted by atomic mass is 19.3. The van der Waals surface area contributed by atoms with Gasteiger partial charge in [-0.2, -0.15) is 8.78 Å². The summed E-state index contributed by atoms with van der Waals surface area (Å²) in [5, 5.41) is 0. The fraction of sp³-hybridized carbons (Fsp3) is 0.0625. The lowest BCUT2D eigenvalue weighted by molar-refractivity contribution is -0.177. The molecule has 0 amide bonds. The molecule has 6 heteroatoms. The minimum absolute atomic E-state index is 0.0602. The van der Waals surface area contributed by atoms with Gasteiger partial charge in [0.25, 0.3) is 0 Å². The second kappa shape index (κ2) is 15.0. The third-order valence-corrected chi connectivity index (χ3v) is 4.51. The Kier molecular flexibility index (Phi) is 13.2. The van der Waals surface area contributed by atoms with Crippen LogP contribution in [0, 0.1) is 0 Å². The van der Waals surface area contributed by atoms with Crippen molar-refractivity contribution >= 4 is 0 Å². The van der Waals surface area contributed by atoms with E-state index in [2.05, 4.69) is 70.5 Å². The van der Waals surface area contributed by atoms with Crippen LogP contribution in [0.2, 0.25) is 0 Å². The zero-order valence-electron chi connectivity index (χ0n) is 21.5. The first-order valence-electron chi connectivity index (χ1n) is 10.8. The molecule has 0 aromatic carbocycles. The molecule has 0 saturated heterocycles. The highest BCUT2D eigenvalue weighted by molar-refractivity contribution is 5.54. The average molecular weight is 527 g/mol. The predicted molar refractivity (Wildman–Crippen MR) is 150 cm³/mol. The van der Waals surface area contributed by atoms with Gasteiger partial charge in [0.1, 0.15) is 23.2 Å². The van der Waals surface area contributed by atoms with Crippen LogP contribution < -0.4 is 0 Å². The summed E-state index contributed by atoms with van der Waals surface area (Å²) in [7, 11) is 0. The molecule has 0 saturated carbocycles. The summed E-state index contributed by atoms with van der Waals surface area (Å²) >= 11 is 0. The van der Waals surface area contributed by atoms with Crippen LogP contribution in [0.3, 0.4) is 0 Å². The number of hydrogen-bond acceptors (Lipinski definition) is 1. The Morgan fingerprint density at radius 1 is 0.579 bits per heavy atom. The summed E-state index contributed by atoms with van der Waals surface area (Å²) in [6, 6.07) is 0. The van der Waals surface area contributed by atoms with Crippen molar-refractivity contribution in [1.29, 1.82) is 0 Å². The number of alkyl halides is 2. The Morgan fingerprint density at radius 2 is 1.03 bits per heavy atom. The van der Waals surface area contributed by atoms with Crippen molar-refractivity contribution in [2.24, 2.45) is 0 Å². The van der Waals surface area contributed by atoms with Crippen LogP contribution in [0.5, 0.6) is 0 Å². The van der Waals surface area contributed by atoms with Gasteiger partial charge in [-0.25, -0.2) is 13.2 Å². The maximum absolute atomic E-state index is 14.6. The van der Waals surface area contributed by atoms with E-state index < -0.39 is 34.9 Å². The summed E-state index contributed by atoms with van der Waals surface area (Å²) in [5.41, 5.74) is 0.349. The van der Waals surface area contributed by atoms with Crippen molar-refractivity contribution in [3.63, 3.8) is 0 Å². The number of allylic oxidation sites excluding steroid dienone is 17. The van der Waals surface area contributed by atoms with Crippen LogP contribution in [-0.4, -0.2) is 6.11 Å². The molecule has 1 nitrogen and oxygen atoms in total. The Balaban J connectivity index is 5.36. The molecule has 0 bridgehead atoms. The summed E-state index contributed by atoms with van der Waals surface area (Å²) in [6.45, 7) is 36.7. The fourth-order valence-electron chi connectivity index (χ4n) is 2.16. The molecule has 0 aliphatic heterocycles. The van der Waals surface area contributed by atoms with E-state index in [1.807, 2.05) is 0 Å². The number of rotatable bonds is 16. The van der Waals surface area contributed by atoms with Gasteiger partial charge in [0.15, 0.2) is 0 Å². The van der Waals surface area contributed by atoms with Gasteiger partial charge >= 0.3 is 6.11 Å². The van der Waals surface area contributed by atoms with E-state index in [0.717, 1.165) is 23.8 Å². The Labute approximate surface area is 222 Å². The smallest absolute Gasteiger partial charge is 0.428 e. The molecule has 38 heavy (non-hydrogen) atoms. The summed E-state index contributed by atoms with van der Waals surface area (Å²) in [6.07, 6.45) is 5.17. The molecule has 200 valence electrons. The van der Waals surface area contributed by atoms with Crippen molar-refractivity contribution < 1.29 is 26.7 Å². The van der Waals surface area contributed by atoms with Crippen molar-refractivity contribution in [1.82, 2.24) is 0 Å². The summed E-state index contributed by atoms with van der Waals surface area (Å²) in [5.74, 6) is -3.72. The molecular weight excluding hydrogens is 495 g/mol. The van der Waals surface area contributed by atoms with E-state index >= 15 is 0 Å². The quantitative estimate of drug-likeness (QED) is 0.110. The molecule has 0 radical (unpaired) electrons. The molecule has 0 aromatic rings. The maximum atomic E-state index is 14.6. The van der Waals surface area contributed by atoms with Crippen LogP contribution in [0.1, 0.15) is 6.92 Å². The Bertz CT molecular complexity index is 1260. The molecule has 0 aromatic heterocycles.